The maximum Gasteiger partial charge on any atom is 0.0423 e. The highest BCUT2D eigenvalue weighted by Crippen LogP contribution is 2.37. The van der Waals surface area contributed by atoms with E-state index in [1.807, 2.05) is 7.05 Å². The fourth-order valence-electron chi connectivity index (χ4n) is 2.67. The highest BCUT2D eigenvalue weighted by atomic mass is 79.9. The Labute approximate surface area is 124 Å². The molecule has 0 spiro atoms. The van der Waals surface area contributed by atoms with Gasteiger partial charge in [0.15, 0.2) is 0 Å². The summed E-state index contributed by atoms with van der Waals surface area (Å²) in [4.78, 5) is 2.65. The van der Waals surface area contributed by atoms with E-state index in [-0.39, 0.29) is 0 Å². The average Bonchev–Trinajstić information content (AvgIpc) is 3.26. The molecule has 2 saturated carbocycles. The lowest BCUT2D eigenvalue weighted by Crippen LogP contribution is -2.29. The molecule has 0 aliphatic heterocycles. The van der Waals surface area contributed by atoms with Gasteiger partial charge in [-0.05, 0) is 62.3 Å². The zero-order chi connectivity index (χ0) is 13.2. The Morgan fingerprint density at radius 3 is 2.32 bits per heavy atom. The predicted molar refractivity (Wildman–Crippen MR) is 84.6 cm³/mol. The predicted octanol–water partition coefficient (Wildman–Crippen LogP) is 3.79. The number of hydrogen-bond donors (Lipinski definition) is 1. The summed E-state index contributed by atoms with van der Waals surface area (Å²) >= 11 is 3.63. The first-order chi connectivity index (χ1) is 9.26. The summed E-state index contributed by atoms with van der Waals surface area (Å²) < 4.78 is 1.19. The molecule has 2 nitrogen and oxygen atoms in total. The standard InChI is InChI=1S/C16H23BrN2/c1-18-9-14-6-7-15(17)8-16(14)19(10-12-2-3-12)11-13-4-5-13/h6-8,12-13,18H,2-5,9-11H2,1H3. The Kier molecular flexibility index (Phi) is 4.13. The van der Waals surface area contributed by atoms with Crippen molar-refractivity contribution in [2.45, 2.75) is 32.2 Å². The van der Waals surface area contributed by atoms with E-state index in [4.69, 9.17) is 0 Å². The van der Waals surface area contributed by atoms with Gasteiger partial charge in [-0.3, -0.25) is 0 Å². The number of hydrogen-bond acceptors (Lipinski definition) is 2. The van der Waals surface area contributed by atoms with Gasteiger partial charge in [-0.2, -0.15) is 0 Å². The molecular weight excluding hydrogens is 300 g/mol. The zero-order valence-corrected chi connectivity index (χ0v) is 13.2. The maximum absolute atomic E-state index is 3.63. The molecule has 2 aliphatic carbocycles. The van der Waals surface area contributed by atoms with Gasteiger partial charge in [0.1, 0.15) is 0 Å². The molecule has 0 amide bonds. The summed E-state index contributed by atoms with van der Waals surface area (Å²) in [6, 6.07) is 6.71. The van der Waals surface area contributed by atoms with Crippen molar-refractivity contribution in [2.24, 2.45) is 11.8 Å². The molecule has 0 aromatic heterocycles. The molecule has 0 saturated heterocycles. The summed E-state index contributed by atoms with van der Waals surface area (Å²) in [5.74, 6) is 1.89. The molecule has 1 N–H and O–H groups in total. The van der Waals surface area contributed by atoms with Crippen LogP contribution in [0.3, 0.4) is 0 Å². The van der Waals surface area contributed by atoms with Crippen molar-refractivity contribution < 1.29 is 0 Å². The van der Waals surface area contributed by atoms with Crippen LogP contribution < -0.4 is 10.2 Å². The smallest absolute Gasteiger partial charge is 0.0423 e. The van der Waals surface area contributed by atoms with Gasteiger partial charge in [-0.1, -0.05) is 22.0 Å². The lowest BCUT2D eigenvalue weighted by atomic mass is 10.1. The van der Waals surface area contributed by atoms with Crippen LogP contribution in [0, 0.1) is 11.8 Å². The van der Waals surface area contributed by atoms with Crippen LogP contribution in [0.25, 0.3) is 0 Å². The van der Waals surface area contributed by atoms with Gasteiger partial charge in [0.05, 0.1) is 0 Å². The minimum Gasteiger partial charge on any atom is -0.371 e. The minimum atomic E-state index is 0.945. The molecule has 0 heterocycles. The zero-order valence-electron chi connectivity index (χ0n) is 11.7. The number of halogens is 1. The number of benzene rings is 1. The molecular formula is C16H23BrN2. The fraction of sp³-hybridized carbons (Fsp3) is 0.625. The van der Waals surface area contributed by atoms with E-state index < -0.39 is 0 Å². The van der Waals surface area contributed by atoms with Gasteiger partial charge < -0.3 is 10.2 Å². The number of anilines is 1. The summed E-state index contributed by atoms with van der Waals surface area (Å²) in [5, 5.41) is 3.29. The van der Waals surface area contributed by atoms with Gasteiger partial charge in [0, 0.05) is 29.8 Å². The number of nitrogens with zero attached hydrogens (tertiary/aromatic N) is 1. The summed E-state index contributed by atoms with van der Waals surface area (Å²) in [6.45, 7) is 3.46. The molecule has 2 fully saturated rings. The second-order valence-electron chi connectivity index (χ2n) is 6.10. The van der Waals surface area contributed by atoms with E-state index in [2.05, 4.69) is 44.3 Å². The molecule has 104 valence electrons. The van der Waals surface area contributed by atoms with Gasteiger partial charge in [0.25, 0.3) is 0 Å². The van der Waals surface area contributed by atoms with Crippen LogP contribution in [0.1, 0.15) is 31.2 Å². The first-order valence-corrected chi connectivity index (χ1v) is 8.23. The lowest BCUT2D eigenvalue weighted by molar-refractivity contribution is 0.673. The van der Waals surface area contributed by atoms with Gasteiger partial charge in [-0.15, -0.1) is 0 Å². The molecule has 3 rings (SSSR count). The summed E-state index contributed by atoms with van der Waals surface area (Å²) in [5.41, 5.74) is 2.86. The van der Waals surface area contributed by atoms with Crippen LogP contribution in [0.15, 0.2) is 22.7 Å². The fourth-order valence-corrected chi connectivity index (χ4v) is 3.02. The van der Waals surface area contributed by atoms with Gasteiger partial charge in [0.2, 0.25) is 0 Å². The van der Waals surface area contributed by atoms with E-state index in [9.17, 15) is 0 Å². The average molecular weight is 323 g/mol. The first kappa shape index (κ1) is 13.4. The molecule has 1 aromatic rings. The van der Waals surface area contributed by atoms with Crippen LogP contribution in [-0.2, 0) is 6.54 Å². The molecule has 0 bridgehead atoms. The van der Waals surface area contributed by atoms with E-state index in [0.29, 0.717) is 0 Å². The molecule has 0 atom stereocenters. The van der Waals surface area contributed by atoms with Crippen LogP contribution in [0.4, 0.5) is 5.69 Å². The molecule has 0 unspecified atom stereocenters. The van der Waals surface area contributed by atoms with Crippen molar-refractivity contribution in [1.29, 1.82) is 0 Å². The molecule has 19 heavy (non-hydrogen) atoms. The van der Waals surface area contributed by atoms with Gasteiger partial charge in [-0.25, -0.2) is 0 Å². The largest absolute Gasteiger partial charge is 0.371 e. The third-order valence-electron chi connectivity index (χ3n) is 4.11. The summed E-state index contributed by atoms with van der Waals surface area (Å²) in [7, 11) is 2.03. The Bertz CT molecular complexity index is 424. The SMILES string of the molecule is CNCc1ccc(Br)cc1N(CC1CC1)CC1CC1. The quantitative estimate of drug-likeness (QED) is 0.821. The Hall–Kier alpha value is -0.540. The highest BCUT2D eigenvalue weighted by Gasteiger charge is 2.30. The van der Waals surface area contributed by atoms with Crippen molar-refractivity contribution >= 4 is 21.6 Å². The van der Waals surface area contributed by atoms with E-state index in [1.165, 1.54) is 54.5 Å². The minimum absolute atomic E-state index is 0.945. The molecule has 3 heteroatoms. The highest BCUT2D eigenvalue weighted by molar-refractivity contribution is 9.10. The lowest BCUT2D eigenvalue weighted by Gasteiger charge is -2.27. The number of nitrogens with one attached hydrogen (secondary N) is 1. The third-order valence-corrected chi connectivity index (χ3v) is 4.60. The molecule has 2 aliphatic rings. The Morgan fingerprint density at radius 2 is 1.79 bits per heavy atom. The molecule has 1 aromatic carbocycles. The third kappa shape index (κ3) is 3.73. The topological polar surface area (TPSA) is 15.3 Å². The number of rotatable bonds is 7. The van der Waals surface area contributed by atoms with E-state index in [0.717, 1.165) is 18.4 Å². The van der Waals surface area contributed by atoms with Crippen molar-refractivity contribution in [3.05, 3.63) is 28.2 Å². The van der Waals surface area contributed by atoms with Crippen molar-refractivity contribution in [3.63, 3.8) is 0 Å². The van der Waals surface area contributed by atoms with Crippen molar-refractivity contribution in [1.82, 2.24) is 5.32 Å². The monoisotopic (exact) mass is 322 g/mol. The second-order valence-corrected chi connectivity index (χ2v) is 7.01. The normalized spacial score (nSPS) is 18.6. The summed E-state index contributed by atoms with van der Waals surface area (Å²) in [6.07, 6.45) is 5.71. The van der Waals surface area contributed by atoms with Crippen LogP contribution in [-0.4, -0.2) is 20.1 Å². The van der Waals surface area contributed by atoms with E-state index >= 15 is 0 Å². The van der Waals surface area contributed by atoms with Crippen LogP contribution >= 0.6 is 15.9 Å². The van der Waals surface area contributed by atoms with Crippen molar-refractivity contribution in [2.75, 3.05) is 25.0 Å². The Morgan fingerprint density at radius 1 is 1.16 bits per heavy atom. The first-order valence-electron chi connectivity index (χ1n) is 7.44. The van der Waals surface area contributed by atoms with E-state index in [1.54, 1.807) is 0 Å². The van der Waals surface area contributed by atoms with Crippen LogP contribution in [0.5, 0.6) is 0 Å². The second kappa shape index (κ2) is 5.84. The van der Waals surface area contributed by atoms with Gasteiger partial charge >= 0.3 is 0 Å². The molecule has 0 radical (unpaired) electrons. The van der Waals surface area contributed by atoms with Crippen molar-refractivity contribution in [3.8, 4) is 0 Å². The van der Waals surface area contributed by atoms with Crippen LogP contribution in [0.2, 0.25) is 0 Å². The maximum atomic E-state index is 3.63. The Balaban J connectivity index is 1.82.